The molecule has 1 saturated heterocycles. The Morgan fingerprint density at radius 3 is 2.56 bits per heavy atom. The summed E-state index contributed by atoms with van der Waals surface area (Å²) in [4.78, 5) is 26.6. The minimum atomic E-state index is -0.141. The molecule has 1 atom stereocenters. The second-order valence-corrected chi connectivity index (χ2v) is 6.99. The van der Waals surface area contributed by atoms with Crippen LogP contribution in [0.5, 0.6) is 5.75 Å². The van der Waals surface area contributed by atoms with E-state index in [1.54, 1.807) is 23.8 Å². The summed E-state index contributed by atoms with van der Waals surface area (Å²) in [6.45, 7) is 0.567. The third kappa shape index (κ3) is 4.54. The molecule has 0 aromatic heterocycles. The van der Waals surface area contributed by atoms with Crippen LogP contribution < -0.4 is 10.1 Å². The monoisotopic (exact) mass is 356 g/mol. The number of hydrogen-bond acceptors (Lipinski definition) is 4. The summed E-state index contributed by atoms with van der Waals surface area (Å²) in [5, 5.41) is 2.86. The highest BCUT2D eigenvalue weighted by Crippen LogP contribution is 2.35. The number of ether oxygens (including phenoxy) is 1. The van der Waals surface area contributed by atoms with Gasteiger partial charge in [0.25, 0.3) is 0 Å². The quantitative estimate of drug-likeness (QED) is 0.775. The van der Waals surface area contributed by atoms with Crippen LogP contribution in [0, 0.1) is 0 Å². The largest absolute Gasteiger partial charge is 0.497 e. The van der Waals surface area contributed by atoms with Gasteiger partial charge in [-0.05, 0) is 29.8 Å². The van der Waals surface area contributed by atoms with E-state index in [-0.39, 0.29) is 23.7 Å². The van der Waals surface area contributed by atoms with Crippen LogP contribution in [-0.2, 0) is 16.1 Å². The van der Waals surface area contributed by atoms with E-state index in [4.69, 9.17) is 4.74 Å². The average Bonchev–Trinajstić information content (AvgIpc) is 2.65. The summed E-state index contributed by atoms with van der Waals surface area (Å²) < 4.78 is 5.14. The van der Waals surface area contributed by atoms with Crippen molar-refractivity contribution in [2.24, 2.45) is 0 Å². The van der Waals surface area contributed by atoms with Gasteiger partial charge in [-0.25, -0.2) is 0 Å². The first-order valence-corrected chi connectivity index (χ1v) is 8.94. The zero-order valence-corrected chi connectivity index (χ0v) is 14.8. The zero-order chi connectivity index (χ0) is 17.6. The molecule has 0 radical (unpaired) electrons. The topological polar surface area (TPSA) is 58.6 Å². The summed E-state index contributed by atoms with van der Waals surface area (Å²) in [6, 6.07) is 17.4. The van der Waals surface area contributed by atoms with Crippen LogP contribution >= 0.6 is 11.8 Å². The lowest BCUT2D eigenvalue weighted by Gasteiger charge is -2.39. The van der Waals surface area contributed by atoms with Crippen molar-refractivity contribution in [1.82, 2.24) is 10.2 Å². The van der Waals surface area contributed by atoms with Crippen molar-refractivity contribution < 1.29 is 14.3 Å². The molecule has 2 aromatic carbocycles. The van der Waals surface area contributed by atoms with Gasteiger partial charge in [-0.3, -0.25) is 9.59 Å². The number of amides is 2. The Kier molecular flexibility index (Phi) is 5.60. The zero-order valence-electron chi connectivity index (χ0n) is 14.0. The number of nitrogens with one attached hydrogen (secondary N) is 1. The molecule has 2 aromatic rings. The van der Waals surface area contributed by atoms with Gasteiger partial charge in [-0.2, -0.15) is 0 Å². The number of β-lactam (4-membered cyclic amide) rings is 1. The minimum absolute atomic E-state index is 0.00312. The van der Waals surface area contributed by atoms with Gasteiger partial charge in [0, 0.05) is 11.4 Å². The Hall–Kier alpha value is -2.47. The van der Waals surface area contributed by atoms with Gasteiger partial charge >= 0.3 is 0 Å². The van der Waals surface area contributed by atoms with Crippen molar-refractivity contribution in [2.45, 2.75) is 23.2 Å². The number of methoxy groups -OCH3 is 1. The number of hydrogen-bond donors (Lipinski definition) is 1. The SMILES string of the molecule is COc1ccc(SC2CC(=O)N2CC(=O)NCc2ccccc2)cc1. The summed E-state index contributed by atoms with van der Waals surface area (Å²) in [5.74, 6) is 0.671. The molecule has 1 aliphatic heterocycles. The lowest BCUT2D eigenvalue weighted by atomic mass is 10.2. The molecule has 130 valence electrons. The van der Waals surface area contributed by atoms with E-state index in [1.165, 1.54) is 0 Å². The fraction of sp³-hybridized carbons (Fsp3) is 0.263. The van der Waals surface area contributed by atoms with Crippen molar-refractivity contribution in [1.29, 1.82) is 0 Å². The predicted octanol–water partition coefficient (Wildman–Crippen LogP) is 2.66. The summed E-state index contributed by atoms with van der Waals surface area (Å²) in [5.41, 5.74) is 1.04. The highest BCUT2D eigenvalue weighted by molar-refractivity contribution is 8.00. The summed E-state index contributed by atoms with van der Waals surface area (Å²) in [6.07, 6.45) is 0.461. The second-order valence-electron chi connectivity index (χ2n) is 5.74. The van der Waals surface area contributed by atoms with Gasteiger partial charge in [0.2, 0.25) is 11.8 Å². The first kappa shape index (κ1) is 17.4. The maximum atomic E-state index is 12.1. The number of carbonyl (C=O) groups is 2. The number of nitrogens with zero attached hydrogens (tertiary/aromatic N) is 1. The fourth-order valence-electron chi connectivity index (χ4n) is 2.54. The maximum absolute atomic E-state index is 12.1. The van der Waals surface area contributed by atoms with Crippen LogP contribution in [0.1, 0.15) is 12.0 Å². The Morgan fingerprint density at radius 2 is 1.92 bits per heavy atom. The van der Waals surface area contributed by atoms with Crippen LogP contribution in [0.4, 0.5) is 0 Å². The second kappa shape index (κ2) is 8.07. The van der Waals surface area contributed by atoms with Crippen molar-refractivity contribution in [3.05, 3.63) is 60.2 Å². The Bertz CT molecular complexity index is 734. The number of carbonyl (C=O) groups excluding carboxylic acids is 2. The smallest absolute Gasteiger partial charge is 0.239 e. The van der Waals surface area contributed by atoms with Crippen molar-refractivity contribution in [3.8, 4) is 5.75 Å². The van der Waals surface area contributed by atoms with Gasteiger partial charge in [-0.1, -0.05) is 30.3 Å². The maximum Gasteiger partial charge on any atom is 0.239 e. The summed E-state index contributed by atoms with van der Waals surface area (Å²) in [7, 11) is 1.63. The fourth-order valence-corrected chi connectivity index (χ4v) is 3.69. The molecule has 2 amide bonds. The third-order valence-electron chi connectivity index (χ3n) is 4.00. The molecule has 1 aliphatic rings. The first-order chi connectivity index (χ1) is 12.2. The summed E-state index contributed by atoms with van der Waals surface area (Å²) >= 11 is 1.59. The van der Waals surface area contributed by atoms with Crippen LogP contribution in [0.2, 0.25) is 0 Å². The number of rotatable bonds is 7. The molecular formula is C19H20N2O3S. The van der Waals surface area contributed by atoms with E-state index in [0.29, 0.717) is 13.0 Å². The third-order valence-corrected chi connectivity index (χ3v) is 5.23. The van der Waals surface area contributed by atoms with Crippen molar-refractivity contribution >= 4 is 23.6 Å². The number of thioether (sulfide) groups is 1. The van der Waals surface area contributed by atoms with Gasteiger partial charge in [0.15, 0.2) is 0 Å². The van der Waals surface area contributed by atoms with Crippen LogP contribution in [0.25, 0.3) is 0 Å². The van der Waals surface area contributed by atoms with E-state index in [0.717, 1.165) is 16.2 Å². The highest BCUT2D eigenvalue weighted by Gasteiger charge is 2.37. The van der Waals surface area contributed by atoms with E-state index in [1.807, 2.05) is 54.6 Å². The Morgan fingerprint density at radius 1 is 1.20 bits per heavy atom. The lowest BCUT2D eigenvalue weighted by molar-refractivity contribution is -0.145. The molecule has 1 unspecified atom stereocenters. The number of likely N-dealkylation sites (tertiary alicyclic amines) is 1. The van der Waals surface area contributed by atoms with Crippen molar-refractivity contribution in [3.63, 3.8) is 0 Å². The molecule has 1 N–H and O–H groups in total. The van der Waals surface area contributed by atoms with E-state index in [9.17, 15) is 9.59 Å². The molecule has 0 saturated carbocycles. The predicted molar refractivity (Wildman–Crippen MR) is 97.3 cm³/mol. The molecule has 0 spiro atoms. The van der Waals surface area contributed by atoms with Gasteiger partial charge < -0.3 is 15.0 Å². The first-order valence-electron chi connectivity index (χ1n) is 8.06. The van der Waals surface area contributed by atoms with E-state index in [2.05, 4.69) is 5.32 Å². The number of benzene rings is 2. The Labute approximate surface area is 151 Å². The molecule has 25 heavy (non-hydrogen) atoms. The van der Waals surface area contributed by atoms with E-state index < -0.39 is 0 Å². The standard InChI is InChI=1S/C19H20N2O3S/c1-24-15-7-9-16(10-8-15)25-19-11-18(23)21(19)13-17(22)20-12-14-5-3-2-4-6-14/h2-10,19H,11-13H2,1H3,(H,20,22). The lowest BCUT2D eigenvalue weighted by Crippen LogP contribution is -2.54. The normalized spacial score (nSPS) is 16.3. The molecule has 0 bridgehead atoms. The average molecular weight is 356 g/mol. The van der Waals surface area contributed by atoms with Gasteiger partial charge in [-0.15, -0.1) is 11.8 Å². The minimum Gasteiger partial charge on any atom is -0.497 e. The highest BCUT2D eigenvalue weighted by atomic mass is 32.2. The molecule has 5 nitrogen and oxygen atoms in total. The molecule has 1 heterocycles. The van der Waals surface area contributed by atoms with Crippen molar-refractivity contribution in [2.75, 3.05) is 13.7 Å². The van der Waals surface area contributed by atoms with Gasteiger partial charge in [0.1, 0.15) is 12.3 Å². The molecular weight excluding hydrogens is 336 g/mol. The van der Waals surface area contributed by atoms with Gasteiger partial charge in [0.05, 0.1) is 18.9 Å². The van der Waals surface area contributed by atoms with E-state index >= 15 is 0 Å². The Balaban J connectivity index is 1.50. The van der Waals surface area contributed by atoms with Crippen LogP contribution in [0.15, 0.2) is 59.5 Å². The molecule has 3 rings (SSSR count). The van der Waals surface area contributed by atoms with Crippen LogP contribution in [-0.4, -0.2) is 35.7 Å². The molecule has 1 fully saturated rings. The van der Waals surface area contributed by atoms with Crippen LogP contribution in [0.3, 0.4) is 0 Å². The molecule has 0 aliphatic carbocycles. The molecule has 6 heteroatoms.